The van der Waals surface area contributed by atoms with Crippen LogP contribution < -0.4 is 5.32 Å². The molecule has 0 saturated heterocycles. The molecule has 0 heterocycles. The summed E-state index contributed by atoms with van der Waals surface area (Å²) in [4.78, 5) is 12.4. The maximum Gasteiger partial charge on any atom is 0.249 e. The Bertz CT molecular complexity index is 707. The van der Waals surface area contributed by atoms with Gasteiger partial charge in [0.25, 0.3) is 0 Å². The zero-order valence-electron chi connectivity index (χ0n) is 28.6. The molecule has 0 aromatic heterocycles. The molecule has 0 aliphatic heterocycles. The first-order chi connectivity index (χ1) is 21.5. The van der Waals surface area contributed by atoms with E-state index in [2.05, 4.69) is 55.6 Å². The summed E-state index contributed by atoms with van der Waals surface area (Å²) in [6, 6.07) is -1.01. The van der Waals surface area contributed by atoms with Crippen molar-refractivity contribution in [3.63, 3.8) is 0 Å². The van der Waals surface area contributed by atoms with Gasteiger partial charge in [0.15, 0.2) is 0 Å². The minimum Gasteiger partial charge on any atom is -0.394 e. The monoisotopic (exact) mass is 622 g/mol. The Morgan fingerprint density at radius 2 is 0.955 bits per heavy atom. The molecule has 5 N–H and O–H groups in total. The zero-order chi connectivity index (χ0) is 32.5. The average Bonchev–Trinajstić information content (AvgIpc) is 3.03. The summed E-state index contributed by atoms with van der Waals surface area (Å²) in [5, 5.41) is 43.4. The lowest BCUT2D eigenvalue weighted by molar-refractivity contribution is -0.132. The van der Waals surface area contributed by atoms with Crippen molar-refractivity contribution in [1.82, 2.24) is 5.32 Å². The van der Waals surface area contributed by atoms with Gasteiger partial charge in [-0.2, -0.15) is 0 Å². The van der Waals surface area contributed by atoms with Crippen molar-refractivity contribution in [1.29, 1.82) is 0 Å². The van der Waals surface area contributed by atoms with Crippen LogP contribution in [0.4, 0.5) is 0 Å². The van der Waals surface area contributed by atoms with Crippen LogP contribution >= 0.6 is 0 Å². The molecule has 0 radical (unpaired) electrons. The molecular formula is C38H71NO5. The molecule has 0 bridgehead atoms. The van der Waals surface area contributed by atoms with E-state index in [0.29, 0.717) is 19.3 Å². The smallest absolute Gasteiger partial charge is 0.249 e. The maximum absolute atomic E-state index is 12.4. The molecule has 0 aromatic rings. The fourth-order valence-corrected chi connectivity index (χ4v) is 5.29. The second-order valence-electron chi connectivity index (χ2n) is 12.5. The number of rotatable bonds is 32. The van der Waals surface area contributed by atoms with E-state index in [1.165, 1.54) is 83.5 Å². The second kappa shape index (κ2) is 32.9. The number of carbonyl (C=O) groups is 1. The van der Waals surface area contributed by atoms with Crippen LogP contribution in [0.25, 0.3) is 0 Å². The third kappa shape index (κ3) is 26.9. The van der Waals surface area contributed by atoms with E-state index < -0.39 is 36.9 Å². The highest BCUT2D eigenvalue weighted by Gasteiger charge is 2.28. The molecule has 0 fully saturated rings. The molecule has 44 heavy (non-hydrogen) atoms. The first-order valence-electron chi connectivity index (χ1n) is 18.4. The number of aliphatic hydroxyl groups excluding tert-OH is 4. The van der Waals surface area contributed by atoms with Crippen LogP contribution in [-0.4, -0.2) is 57.3 Å². The summed E-state index contributed by atoms with van der Waals surface area (Å²) < 4.78 is 0. The van der Waals surface area contributed by atoms with Crippen molar-refractivity contribution in [2.75, 3.05) is 6.61 Å². The molecule has 6 nitrogen and oxygen atoms in total. The number of amides is 1. The van der Waals surface area contributed by atoms with Gasteiger partial charge in [0.2, 0.25) is 5.91 Å². The van der Waals surface area contributed by atoms with E-state index >= 15 is 0 Å². The van der Waals surface area contributed by atoms with Gasteiger partial charge in [0, 0.05) is 0 Å². The van der Waals surface area contributed by atoms with Gasteiger partial charge in [-0.05, 0) is 77.0 Å². The minimum absolute atomic E-state index is 0.352. The largest absolute Gasteiger partial charge is 0.394 e. The van der Waals surface area contributed by atoms with E-state index in [4.69, 9.17) is 0 Å². The summed E-state index contributed by atoms with van der Waals surface area (Å²) in [5.74, 6) is -0.606. The zero-order valence-corrected chi connectivity index (χ0v) is 28.6. The number of allylic oxidation sites excluding steroid dienone is 6. The predicted molar refractivity (Wildman–Crippen MR) is 187 cm³/mol. The van der Waals surface area contributed by atoms with Gasteiger partial charge in [-0.25, -0.2) is 0 Å². The Labute approximate surface area is 271 Å². The van der Waals surface area contributed by atoms with Crippen molar-refractivity contribution in [2.24, 2.45) is 0 Å². The lowest BCUT2D eigenvalue weighted by Crippen LogP contribution is -2.53. The number of carbonyl (C=O) groups excluding carboxylic acids is 1. The molecule has 0 aromatic carbocycles. The van der Waals surface area contributed by atoms with Crippen LogP contribution in [-0.2, 0) is 4.79 Å². The number of unbranched alkanes of at least 4 members (excludes halogenated alkanes) is 17. The van der Waals surface area contributed by atoms with E-state index in [1.807, 2.05) is 0 Å². The van der Waals surface area contributed by atoms with Crippen LogP contribution in [0.2, 0.25) is 0 Å². The average molecular weight is 622 g/mol. The molecule has 0 rings (SSSR count). The Morgan fingerprint density at radius 1 is 0.545 bits per heavy atom. The molecule has 0 aliphatic rings. The molecule has 258 valence electrons. The van der Waals surface area contributed by atoms with Gasteiger partial charge in [0.1, 0.15) is 12.2 Å². The molecule has 0 saturated carbocycles. The number of hydrogen-bond acceptors (Lipinski definition) is 5. The fourth-order valence-electron chi connectivity index (χ4n) is 5.29. The Kier molecular flexibility index (Phi) is 31.8. The maximum atomic E-state index is 12.4. The third-order valence-corrected chi connectivity index (χ3v) is 8.30. The van der Waals surface area contributed by atoms with Crippen molar-refractivity contribution in [2.45, 2.75) is 192 Å². The summed E-state index contributed by atoms with van der Waals surface area (Å²) >= 11 is 0. The van der Waals surface area contributed by atoms with Crippen molar-refractivity contribution in [3.05, 3.63) is 36.5 Å². The lowest BCUT2D eigenvalue weighted by atomic mass is 10.00. The molecule has 1 amide bonds. The summed E-state index contributed by atoms with van der Waals surface area (Å²) in [5.41, 5.74) is 0. The van der Waals surface area contributed by atoms with Crippen molar-refractivity contribution < 1.29 is 25.2 Å². The van der Waals surface area contributed by atoms with Gasteiger partial charge >= 0.3 is 0 Å². The van der Waals surface area contributed by atoms with Gasteiger partial charge in [-0.1, -0.05) is 127 Å². The topological polar surface area (TPSA) is 110 Å². The number of nitrogens with one attached hydrogen (secondary N) is 1. The molecule has 4 unspecified atom stereocenters. The van der Waals surface area contributed by atoms with Crippen LogP contribution in [0.1, 0.15) is 168 Å². The third-order valence-electron chi connectivity index (χ3n) is 8.30. The molecule has 6 heteroatoms. The highest BCUT2D eigenvalue weighted by atomic mass is 16.3. The highest BCUT2D eigenvalue weighted by Crippen LogP contribution is 2.13. The van der Waals surface area contributed by atoms with Crippen LogP contribution in [0, 0.1) is 0 Å². The van der Waals surface area contributed by atoms with E-state index in [1.54, 1.807) is 0 Å². The van der Waals surface area contributed by atoms with Crippen molar-refractivity contribution in [3.8, 4) is 0 Å². The Balaban J connectivity index is 3.92. The molecule has 0 aliphatic carbocycles. The minimum atomic E-state index is -1.29. The van der Waals surface area contributed by atoms with Crippen LogP contribution in [0.3, 0.4) is 0 Å². The first-order valence-corrected chi connectivity index (χ1v) is 18.4. The predicted octanol–water partition coefficient (Wildman–Crippen LogP) is 8.62. The summed E-state index contributed by atoms with van der Waals surface area (Å²) in [6.45, 7) is 3.97. The quantitative estimate of drug-likeness (QED) is 0.0382. The second-order valence-corrected chi connectivity index (χ2v) is 12.5. The normalized spacial score (nSPS) is 15.0. The lowest BCUT2D eigenvalue weighted by Gasteiger charge is -2.27. The first kappa shape index (κ1) is 42.5. The van der Waals surface area contributed by atoms with E-state index in [9.17, 15) is 25.2 Å². The highest BCUT2D eigenvalue weighted by molar-refractivity contribution is 5.80. The molecule has 4 atom stereocenters. The molecule has 0 spiro atoms. The Hall–Kier alpha value is -1.47. The number of hydrogen-bond donors (Lipinski definition) is 5. The van der Waals surface area contributed by atoms with Gasteiger partial charge in [-0.3, -0.25) is 4.79 Å². The van der Waals surface area contributed by atoms with E-state index in [0.717, 1.165) is 51.4 Å². The SMILES string of the molecule is CCCCCC/C=C\CCCCCCCCC(O)C(=O)NC(CO)C(O)C(O)CCC/C=C/CC/C=C/CCCCCCC. The molecular weight excluding hydrogens is 550 g/mol. The Morgan fingerprint density at radius 3 is 1.45 bits per heavy atom. The van der Waals surface area contributed by atoms with Crippen LogP contribution in [0.5, 0.6) is 0 Å². The van der Waals surface area contributed by atoms with Gasteiger partial charge in [0.05, 0.1) is 18.8 Å². The summed E-state index contributed by atoms with van der Waals surface area (Å²) in [7, 11) is 0. The fraction of sp³-hybridized carbons (Fsp3) is 0.816. The van der Waals surface area contributed by atoms with Gasteiger partial charge < -0.3 is 25.7 Å². The standard InChI is InChI=1S/C38H71NO5/c1-3-5-7-9-11-13-15-17-19-21-23-25-27-29-31-35(41)37(43)34(33-40)39-38(44)36(42)32-30-28-26-24-22-20-18-16-14-12-10-8-6-4-2/h14-17,23,25,34-37,40-43H,3-13,18-22,24,26-33H2,1-2H3,(H,39,44)/b16-14-,17-15+,25-23+. The van der Waals surface area contributed by atoms with Crippen LogP contribution in [0.15, 0.2) is 36.5 Å². The van der Waals surface area contributed by atoms with Gasteiger partial charge in [-0.15, -0.1) is 0 Å². The summed E-state index contributed by atoms with van der Waals surface area (Å²) in [6.07, 6.45) is 35.9. The van der Waals surface area contributed by atoms with Crippen molar-refractivity contribution >= 4 is 5.91 Å². The number of aliphatic hydroxyl groups is 4. The van der Waals surface area contributed by atoms with E-state index in [-0.39, 0.29) is 0 Å².